The summed E-state index contributed by atoms with van der Waals surface area (Å²) in [4.78, 5) is 0. The molecule has 1 nitrogen and oxygen atoms in total. The SMILES string of the molecule is CCCOC(C)C(C)C1C(C)=C(C)C(C)=C(C)C1CC(CC1C(C)=C(C)C(C)=C(C)C1C(C)C(C)CCCl)c1ccccc1. The number of hydrogen-bond donors (Lipinski definition) is 0. The predicted octanol–water partition coefficient (Wildman–Crippen LogP) is 12.7. The molecule has 0 bridgehead atoms. The topological polar surface area (TPSA) is 9.23 Å². The molecule has 2 aliphatic carbocycles. The van der Waals surface area contributed by atoms with Crippen LogP contribution in [0.5, 0.6) is 0 Å². The Morgan fingerprint density at radius 3 is 1.57 bits per heavy atom. The highest BCUT2D eigenvalue weighted by Crippen LogP contribution is 2.52. The molecular formula is C42H65ClO. The predicted molar refractivity (Wildman–Crippen MR) is 194 cm³/mol. The number of alkyl halides is 1. The van der Waals surface area contributed by atoms with Crippen LogP contribution in [0.1, 0.15) is 127 Å². The van der Waals surface area contributed by atoms with Gasteiger partial charge in [-0.1, -0.05) is 80.3 Å². The van der Waals surface area contributed by atoms with E-state index in [4.69, 9.17) is 16.3 Å². The first-order valence-electron chi connectivity index (χ1n) is 17.7. The summed E-state index contributed by atoms with van der Waals surface area (Å²) >= 11 is 6.30. The molecule has 9 atom stereocenters. The summed E-state index contributed by atoms with van der Waals surface area (Å²) in [6, 6.07) is 11.5. The Morgan fingerprint density at radius 2 is 1.11 bits per heavy atom. The number of benzene rings is 1. The van der Waals surface area contributed by atoms with Crippen molar-refractivity contribution in [1.82, 2.24) is 0 Å². The minimum Gasteiger partial charge on any atom is -0.378 e. The van der Waals surface area contributed by atoms with Crippen LogP contribution < -0.4 is 0 Å². The fraction of sp³-hybridized carbons (Fsp3) is 0.667. The van der Waals surface area contributed by atoms with Crippen LogP contribution in [-0.2, 0) is 4.74 Å². The molecule has 246 valence electrons. The van der Waals surface area contributed by atoms with E-state index in [1.165, 1.54) is 40.7 Å². The van der Waals surface area contributed by atoms with E-state index in [0.29, 0.717) is 47.3 Å². The van der Waals surface area contributed by atoms with E-state index in [1.54, 1.807) is 22.3 Å². The van der Waals surface area contributed by atoms with Crippen LogP contribution in [0.15, 0.2) is 74.9 Å². The van der Waals surface area contributed by atoms with Crippen molar-refractivity contribution in [1.29, 1.82) is 0 Å². The summed E-state index contributed by atoms with van der Waals surface area (Å²) in [6.07, 6.45) is 4.75. The molecule has 0 aliphatic heterocycles. The van der Waals surface area contributed by atoms with Crippen LogP contribution in [0.25, 0.3) is 0 Å². The van der Waals surface area contributed by atoms with Crippen molar-refractivity contribution >= 4 is 11.6 Å². The lowest BCUT2D eigenvalue weighted by molar-refractivity contribution is 0.00815. The van der Waals surface area contributed by atoms with Crippen LogP contribution >= 0.6 is 11.6 Å². The summed E-state index contributed by atoms with van der Waals surface area (Å²) in [5, 5.41) is 0. The molecule has 0 N–H and O–H groups in total. The number of hydrogen-bond acceptors (Lipinski definition) is 1. The maximum Gasteiger partial charge on any atom is 0.0578 e. The average Bonchev–Trinajstić information content (AvgIpc) is 3.02. The Hall–Kier alpha value is -1.57. The van der Waals surface area contributed by atoms with E-state index < -0.39 is 0 Å². The van der Waals surface area contributed by atoms with Gasteiger partial charge in [-0.15, -0.1) is 11.6 Å². The van der Waals surface area contributed by atoms with Crippen LogP contribution in [0.2, 0.25) is 0 Å². The molecule has 0 radical (unpaired) electrons. The number of halogens is 1. The first kappa shape index (κ1) is 36.9. The largest absolute Gasteiger partial charge is 0.378 e. The van der Waals surface area contributed by atoms with Gasteiger partial charge in [0, 0.05) is 12.5 Å². The zero-order valence-corrected chi connectivity index (χ0v) is 31.4. The first-order chi connectivity index (χ1) is 20.8. The molecule has 0 saturated heterocycles. The lowest BCUT2D eigenvalue weighted by atomic mass is 9.60. The maximum absolute atomic E-state index is 6.38. The molecule has 9 unspecified atom stereocenters. The van der Waals surface area contributed by atoms with Gasteiger partial charge in [0.25, 0.3) is 0 Å². The molecule has 0 heterocycles. The van der Waals surface area contributed by atoms with Gasteiger partial charge in [0.15, 0.2) is 0 Å². The molecule has 44 heavy (non-hydrogen) atoms. The molecule has 2 aliphatic rings. The minimum atomic E-state index is 0.238. The molecule has 3 rings (SSSR count). The van der Waals surface area contributed by atoms with E-state index in [9.17, 15) is 0 Å². The third-order valence-corrected chi connectivity index (χ3v) is 13.0. The van der Waals surface area contributed by atoms with E-state index in [0.717, 1.165) is 25.3 Å². The second-order valence-corrected chi connectivity index (χ2v) is 15.2. The second kappa shape index (κ2) is 16.3. The van der Waals surface area contributed by atoms with Gasteiger partial charge in [-0.3, -0.25) is 0 Å². The molecule has 0 amide bonds. The van der Waals surface area contributed by atoms with Crippen molar-refractivity contribution in [2.75, 3.05) is 12.5 Å². The zero-order chi connectivity index (χ0) is 32.9. The Kier molecular flexibility index (Phi) is 13.7. The van der Waals surface area contributed by atoms with Crippen LogP contribution in [0.3, 0.4) is 0 Å². The molecule has 0 spiro atoms. The average molecular weight is 621 g/mol. The van der Waals surface area contributed by atoms with Gasteiger partial charge < -0.3 is 4.74 Å². The molecular weight excluding hydrogens is 556 g/mol. The van der Waals surface area contributed by atoms with Crippen LogP contribution in [0, 0.1) is 41.4 Å². The molecule has 1 aromatic carbocycles. The third-order valence-electron chi connectivity index (χ3n) is 12.7. The van der Waals surface area contributed by atoms with Gasteiger partial charge in [-0.05, 0) is 163 Å². The summed E-state index contributed by atoms with van der Waals surface area (Å²) in [5.74, 6) is 4.94. The van der Waals surface area contributed by atoms with Gasteiger partial charge in [-0.2, -0.15) is 0 Å². The van der Waals surface area contributed by atoms with Crippen molar-refractivity contribution in [2.24, 2.45) is 41.4 Å². The maximum atomic E-state index is 6.38. The van der Waals surface area contributed by atoms with Gasteiger partial charge in [0.2, 0.25) is 0 Å². The molecule has 0 saturated carbocycles. The second-order valence-electron chi connectivity index (χ2n) is 14.8. The fourth-order valence-electron chi connectivity index (χ4n) is 8.79. The highest BCUT2D eigenvalue weighted by molar-refractivity contribution is 6.17. The van der Waals surface area contributed by atoms with Gasteiger partial charge in [0.1, 0.15) is 0 Å². The van der Waals surface area contributed by atoms with Crippen molar-refractivity contribution in [3.8, 4) is 0 Å². The number of ether oxygens (including phenoxy) is 1. The Morgan fingerprint density at radius 1 is 0.659 bits per heavy atom. The summed E-state index contributed by atoms with van der Waals surface area (Å²) in [6.45, 7) is 31.9. The van der Waals surface area contributed by atoms with E-state index >= 15 is 0 Å². The van der Waals surface area contributed by atoms with Gasteiger partial charge >= 0.3 is 0 Å². The Labute approximate surface area is 277 Å². The van der Waals surface area contributed by atoms with E-state index in [1.807, 2.05) is 0 Å². The number of rotatable bonds is 14. The fourth-order valence-corrected chi connectivity index (χ4v) is 9.14. The summed E-state index contributed by atoms with van der Waals surface area (Å²) in [7, 11) is 0. The van der Waals surface area contributed by atoms with Crippen molar-refractivity contribution in [2.45, 2.75) is 128 Å². The highest BCUT2D eigenvalue weighted by atomic mass is 35.5. The lowest BCUT2D eigenvalue weighted by Gasteiger charge is -2.45. The monoisotopic (exact) mass is 620 g/mol. The minimum absolute atomic E-state index is 0.238. The first-order valence-corrected chi connectivity index (χ1v) is 18.2. The normalized spacial score (nSPS) is 26.7. The summed E-state index contributed by atoms with van der Waals surface area (Å²) < 4.78 is 6.38. The molecule has 1 aromatic rings. The molecule has 0 fully saturated rings. The molecule has 2 heteroatoms. The summed E-state index contributed by atoms with van der Waals surface area (Å²) in [5.41, 5.74) is 13.9. The van der Waals surface area contributed by atoms with Gasteiger partial charge in [-0.25, -0.2) is 0 Å². The molecule has 0 aromatic heterocycles. The highest BCUT2D eigenvalue weighted by Gasteiger charge is 2.41. The van der Waals surface area contributed by atoms with Crippen molar-refractivity contribution < 1.29 is 4.74 Å². The standard InChI is InChI=1S/C42H65ClO/c1-14-22-44-36(13)35(12)42-34(11)30(7)28(5)32(9)40(42)24-38(37-18-16-15-17-19-37)23-39-31(8)27(4)29(6)33(10)41(39)26(3)25(2)20-21-43/h15-19,25-26,35-36,38-42H,14,20-24H2,1-13H3. The van der Waals surface area contributed by atoms with Gasteiger partial charge in [0.05, 0.1) is 6.10 Å². The lowest BCUT2D eigenvalue weighted by Crippen LogP contribution is -2.36. The van der Waals surface area contributed by atoms with E-state index in [2.05, 4.69) is 120 Å². The van der Waals surface area contributed by atoms with Crippen molar-refractivity contribution in [3.63, 3.8) is 0 Å². The van der Waals surface area contributed by atoms with Crippen LogP contribution in [0.4, 0.5) is 0 Å². The van der Waals surface area contributed by atoms with Crippen molar-refractivity contribution in [3.05, 3.63) is 80.5 Å². The smallest absolute Gasteiger partial charge is 0.0578 e. The number of allylic oxidation sites excluding steroid dienone is 8. The Balaban J connectivity index is 2.10. The third kappa shape index (κ3) is 7.86. The van der Waals surface area contributed by atoms with Crippen LogP contribution in [-0.4, -0.2) is 18.6 Å². The zero-order valence-electron chi connectivity index (χ0n) is 30.6. The Bertz CT molecular complexity index is 1230. The van der Waals surface area contributed by atoms with E-state index in [-0.39, 0.29) is 6.10 Å². The quantitative estimate of drug-likeness (QED) is 0.188.